The van der Waals surface area contributed by atoms with Gasteiger partial charge in [0.15, 0.2) is 0 Å². The van der Waals surface area contributed by atoms with E-state index in [2.05, 4.69) is 6.92 Å². The average molecular weight is 231 g/mol. The number of carboxylic acid groups (broad SMARTS) is 1. The van der Waals surface area contributed by atoms with Crippen molar-refractivity contribution < 1.29 is 69.5 Å². The van der Waals surface area contributed by atoms with E-state index >= 15 is 0 Å². The van der Waals surface area contributed by atoms with Crippen LogP contribution in [0.4, 0.5) is 0 Å². The fraction of sp³-hybridized carbons (Fsp3) is 0.875. The normalized spacial score (nSPS) is 8.82. The van der Waals surface area contributed by atoms with Gasteiger partial charge in [-0.2, -0.15) is 0 Å². The largest absolute Gasteiger partial charge is 1.00 e. The quantitative estimate of drug-likeness (QED) is 0.628. The Morgan fingerprint density at radius 3 is 2.27 bits per heavy atom. The molecule has 62 valence electrons. The zero-order valence-corrected chi connectivity index (χ0v) is 12.5. The van der Waals surface area contributed by atoms with Gasteiger partial charge in [-0.05, 0) is 6.42 Å². The van der Waals surface area contributed by atoms with Gasteiger partial charge in [-0.15, -0.1) is 0 Å². The van der Waals surface area contributed by atoms with Crippen molar-refractivity contribution in [2.45, 2.75) is 45.4 Å². The Kier molecular flexibility index (Phi) is 15.2. The molecule has 2 nitrogen and oxygen atoms in total. The van der Waals surface area contributed by atoms with Gasteiger partial charge in [0, 0.05) is 6.42 Å². The van der Waals surface area contributed by atoms with Crippen molar-refractivity contribution in [1.82, 2.24) is 0 Å². The molecule has 0 heterocycles. The van der Waals surface area contributed by atoms with Crippen molar-refractivity contribution in [3.05, 3.63) is 0 Å². The number of hydrogen-bond donors (Lipinski definition) is 1. The van der Waals surface area contributed by atoms with Crippen molar-refractivity contribution in [1.29, 1.82) is 0 Å². The predicted molar refractivity (Wildman–Crippen MR) is 42.1 cm³/mol. The standard InChI is InChI=1S/C8H16O2.Rb.H/c1-2-3-4-5-6-7-8(9)10;;/h2-7H2,1H3,(H,9,10);;/q;+1;-1. The van der Waals surface area contributed by atoms with Crippen LogP contribution in [0.1, 0.15) is 46.9 Å². The summed E-state index contributed by atoms with van der Waals surface area (Å²) in [7, 11) is 0. The molecular weight excluding hydrogens is 214 g/mol. The summed E-state index contributed by atoms with van der Waals surface area (Å²) in [6, 6.07) is 0. The summed E-state index contributed by atoms with van der Waals surface area (Å²) < 4.78 is 0. The van der Waals surface area contributed by atoms with Crippen LogP contribution in [-0.2, 0) is 4.79 Å². The van der Waals surface area contributed by atoms with Gasteiger partial charge in [-0.1, -0.05) is 32.6 Å². The third-order valence-corrected chi connectivity index (χ3v) is 1.49. The van der Waals surface area contributed by atoms with E-state index in [0.717, 1.165) is 12.8 Å². The molecule has 0 radical (unpaired) electrons. The summed E-state index contributed by atoms with van der Waals surface area (Å²) in [4.78, 5) is 10.0. The van der Waals surface area contributed by atoms with Crippen molar-refractivity contribution in [3.63, 3.8) is 0 Å². The van der Waals surface area contributed by atoms with Crippen LogP contribution in [0.5, 0.6) is 0 Å². The van der Waals surface area contributed by atoms with E-state index in [1.54, 1.807) is 0 Å². The number of hydrogen-bond acceptors (Lipinski definition) is 1. The zero-order chi connectivity index (χ0) is 7.82. The Morgan fingerprint density at radius 2 is 1.82 bits per heavy atom. The molecule has 0 aromatic carbocycles. The molecule has 0 saturated carbocycles. The van der Waals surface area contributed by atoms with Gasteiger partial charge >= 0.3 is 64.2 Å². The van der Waals surface area contributed by atoms with Crippen molar-refractivity contribution in [2.75, 3.05) is 0 Å². The maximum Gasteiger partial charge on any atom is 1.00 e. The van der Waals surface area contributed by atoms with Crippen LogP contribution in [0, 0.1) is 0 Å². The van der Waals surface area contributed by atoms with Gasteiger partial charge in [0.05, 0.1) is 0 Å². The third-order valence-electron chi connectivity index (χ3n) is 1.49. The second-order valence-electron chi connectivity index (χ2n) is 2.56. The minimum atomic E-state index is -0.670. The Labute approximate surface area is 119 Å². The van der Waals surface area contributed by atoms with Crippen molar-refractivity contribution >= 4 is 5.97 Å². The Hall–Kier alpha value is 1.28. The van der Waals surface area contributed by atoms with Crippen LogP contribution >= 0.6 is 0 Å². The topological polar surface area (TPSA) is 37.3 Å². The molecule has 0 spiro atoms. The van der Waals surface area contributed by atoms with E-state index in [1.807, 2.05) is 0 Å². The number of unbranched alkanes of at least 4 members (excludes halogenated alkanes) is 4. The summed E-state index contributed by atoms with van der Waals surface area (Å²) >= 11 is 0. The second-order valence-corrected chi connectivity index (χ2v) is 2.56. The molecule has 0 atom stereocenters. The van der Waals surface area contributed by atoms with E-state index < -0.39 is 5.97 Å². The van der Waals surface area contributed by atoms with Gasteiger partial charge in [0.1, 0.15) is 0 Å². The van der Waals surface area contributed by atoms with Crippen molar-refractivity contribution in [2.24, 2.45) is 0 Å². The monoisotopic (exact) mass is 230 g/mol. The van der Waals surface area contributed by atoms with E-state index in [0.29, 0.717) is 6.42 Å². The summed E-state index contributed by atoms with van der Waals surface area (Å²) in [5.74, 6) is -0.670. The van der Waals surface area contributed by atoms with Gasteiger partial charge in [0.25, 0.3) is 0 Å². The maximum atomic E-state index is 10.0. The first-order chi connectivity index (χ1) is 4.77. The van der Waals surface area contributed by atoms with E-state index in [9.17, 15) is 4.79 Å². The van der Waals surface area contributed by atoms with Gasteiger partial charge in [0.2, 0.25) is 0 Å². The molecule has 0 aliphatic heterocycles. The third kappa shape index (κ3) is 14.2. The van der Waals surface area contributed by atoms with Crippen LogP contribution < -0.4 is 58.2 Å². The second kappa shape index (κ2) is 11.3. The molecule has 1 N–H and O–H groups in total. The van der Waals surface area contributed by atoms with E-state index in [4.69, 9.17) is 5.11 Å². The van der Waals surface area contributed by atoms with Gasteiger partial charge in [-0.3, -0.25) is 4.79 Å². The number of carboxylic acids is 1. The van der Waals surface area contributed by atoms with E-state index in [1.165, 1.54) is 19.3 Å². The molecule has 0 fully saturated rings. The molecule has 0 amide bonds. The summed E-state index contributed by atoms with van der Waals surface area (Å²) in [6.07, 6.45) is 5.88. The number of rotatable bonds is 6. The molecule has 0 rings (SSSR count). The molecule has 0 aliphatic carbocycles. The summed E-state index contributed by atoms with van der Waals surface area (Å²) in [5, 5.41) is 8.27. The fourth-order valence-corrected chi connectivity index (χ4v) is 0.880. The van der Waals surface area contributed by atoms with E-state index in [-0.39, 0.29) is 59.6 Å². The Morgan fingerprint density at radius 1 is 1.27 bits per heavy atom. The van der Waals surface area contributed by atoms with Gasteiger partial charge < -0.3 is 6.53 Å². The molecular formula is C8H17O2Rb. The Bertz CT molecular complexity index is 99.1. The average Bonchev–Trinajstić information content (AvgIpc) is 1.87. The smallest absolute Gasteiger partial charge is 1.00 e. The summed E-state index contributed by atoms with van der Waals surface area (Å²) in [5.41, 5.74) is 0. The van der Waals surface area contributed by atoms with Crippen LogP contribution in [0.3, 0.4) is 0 Å². The van der Waals surface area contributed by atoms with Gasteiger partial charge in [-0.25, -0.2) is 0 Å². The molecule has 0 aromatic heterocycles. The molecule has 0 unspecified atom stereocenters. The fourth-order valence-electron chi connectivity index (χ4n) is 0.880. The maximum absolute atomic E-state index is 10.0. The molecule has 3 heteroatoms. The minimum Gasteiger partial charge on any atom is -1.00 e. The molecule has 0 aliphatic rings. The molecule has 11 heavy (non-hydrogen) atoms. The predicted octanol–water partition coefficient (Wildman–Crippen LogP) is -0.452. The Balaban J connectivity index is -0.000000405. The first kappa shape index (κ1) is 14.8. The van der Waals surface area contributed by atoms with Crippen LogP contribution in [0.25, 0.3) is 0 Å². The SMILES string of the molecule is CCCCCCCC(=O)O.[H-].[Rb+]. The summed E-state index contributed by atoms with van der Waals surface area (Å²) in [6.45, 7) is 2.15. The van der Waals surface area contributed by atoms with Crippen LogP contribution in [0.15, 0.2) is 0 Å². The van der Waals surface area contributed by atoms with Crippen LogP contribution in [-0.4, -0.2) is 11.1 Å². The molecule has 0 aromatic rings. The zero-order valence-electron chi connectivity index (χ0n) is 8.60. The molecule has 0 saturated heterocycles. The van der Waals surface area contributed by atoms with Crippen molar-refractivity contribution in [3.8, 4) is 0 Å². The first-order valence-electron chi connectivity index (χ1n) is 3.99. The number of carbonyl (C=O) groups is 1. The minimum absolute atomic E-state index is 0. The first-order valence-corrected chi connectivity index (χ1v) is 3.99. The molecule has 0 bridgehead atoms. The van der Waals surface area contributed by atoms with Crippen LogP contribution in [0.2, 0.25) is 0 Å². The number of aliphatic carboxylic acids is 1.